The van der Waals surface area contributed by atoms with E-state index in [0.29, 0.717) is 6.54 Å². The van der Waals surface area contributed by atoms with Crippen molar-refractivity contribution in [3.63, 3.8) is 0 Å². The largest absolute Gasteiger partial charge is 0.349 e. The van der Waals surface area contributed by atoms with E-state index in [1.165, 1.54) is 24.8 Å². The molecular weight excluding hydrogens is 507 g/mol. The van der Waals surface area contributed by atoms with E-state index in [2.05, 4.69) is 70.2 Å². The van der Waals surface area contributed by atoms with Crippen molar-refractivity contribution in [1.82, 2.24) is 25.0 Å². The smallest absolute Gasteiger partial charge is 0.194 e. The predicted molar refractivity (Wildman–Crippen MR) is 119 cm³/mol. The summed E-state index contributed by atoms with van der Waals surface area (Å²) in [5, 5.41) is 12.1. The van der Waals surface area contributed by atoms with Crippen LogP contribution in [0.4, 0.5) is 0 Å². The highest BCUT2D eigenvalue weighted by Crippen LogP contribution is 2.15. The molecule has 2 heterocycles. The molecule has 0 spiro atoms. The normalized spacial score (nSPS) is 14.2. The predicted octanol–water partition coefficient (Wildman–Crippen LogP) is 3.59. The minimum Gasteiger partial charge on any atom is -0.349 e. The number of hydrogen-bond donors (Lipinski definition) is 1. The van der Waals surface area contributed by atoms with Gasteiger partial charge in [0.2, 0.25) is 0 Å². The van der Waals surface area contributed by atoms with Gasteiger partial charge in [-0.3, -0.25) is 4.99 Å². The average Bonchev–Trinajstić information content (AvgIpc) is 2.84. The molecule has 26 heavy (non-hydrogen) atoms. The highest BCUT2D eigenvalue weighted by molar-refractivity contribution is 14.0. The Kier molecular flexibility index (Phi) is 8.33. The number of fused-ring (bicyclic) bond motifs is 1. The number of halogens is 2. The maximum Gasteiger partial charge on any atom is 0.194 e. The minimum atomic E-state index is 0. The molecule has 0 amide bonds. The molecule has 0 unspecified atom stereocenters. The molecule has 8 heteroatoms. The third-order valence-electron chi connectivity index (χ3n) is 4.50. The summed E-state index contributed by atoms with van der Waals surface area (Å²) in [6, 6.07) is 8.36. The van der Waals surface area contributed by atoms with Gasteiger partial charge in [-0.2, -0.15) is 0 Å². The zero-order chi connectivity index (χ0) is 17.6. The number of rotatable bonds is 4. The number of hydrogen-bond acceptors (Lipinski definition) is 3. The third-order valence-corrected chi connectivity index (χ3v) is 5.03. The minimum absolute atomic E-state index is 0. The Bertz CT molecular complexity index is 728. The van der Waals surface area contributed by atoms with Crippen LogP contribution in [0.3, 0.4) is 0 Å². The Balaban J connectivity index is 0.00000243. The second-order valence-corrected chi connectivity index (χ2v) is 7.29. The van der Waals surface area contributed by atoms with Gasteiger partial charge in [0.05, 0.1) is 6.54 Å². The summed E-state index contributed by atoms with van der Waals surface area (Å²) in [7, 11) is 3.85. The van der Waals surface area contributed by atoms with Crippen LogP contribution in [0.25, 0.3) is 0 Å². The molecule has 0 aliphatic carbocycles. The fourth-order valence-electron chi connectivity index (χ4n) is 3.16. The van der Waals surface area contributed by atoms with Gasteiger partial charge in [-0.15, -0.1) is 34.2 Å². The lowest BCUT2D eigenvalue weighted by molar-refractivity contribution is 0.473. The number of aliphatic imine (C=N–C) groups is 1. The van der Waals surface area contributed by atoms with Gasteiger partial charge in [-0.05, 0) is 30.5 Å². The van der Waals surface area contributed by atoms with Crippen molar-refractivity contribution in [2.75, 3.05) is 14.1 Å². The lowest BCUT2D eigenvalue weighted by Gasteiger charge is -2.22. The van der Waals surface area contributed by atoms with Gasteiger partial charge in [0.15, 0.2) is 11.8 Å². The van der Waals surface area contributed by atoms with Gasteiger partial charge in [-0.25, -0.2) is 0 Å². The average molecular weight is 533 g/mol. The molecule has 0 saturated carbocycles. The Morgan fingerprint density at radius 1 is 1.23 bits per heavy atom. The standard InChI is InChI=1S/C18H25BrN6.HI/c1-20-18(24(2)13-14-7-9-15(19)10-8-14)21-12-17-23-22-16-6-4-3-5-11-25(16)17;/h7-10H,3-6,11-13H2,1-2H3,(H,20,21);1H. The van der Waals surface area contributed by atoms with Crippen LogP contribution in [-0.4, -0.2) is 39.7 Å². The number of aromatic nitrogens is 3. The molecule has 0 fully saturated rings. The summed E-state index contributed by atoms with van der Waals surface area (Å²) >= 11 is 3.47. The molecule has 0 atom stereocenters. The molecule has 6 nitrogen and oxygen atoms in total. The van der Waals surface area contributed by atoms with E-state index in [-0.39, 0.29) is 24.0 Å². The summed E-state index contributed by atoms with van der Waals surface area (Å²) in [5.74, 6) is 2.97. The summed E-state index contributed by atoms with van der Waals surface area (Å²) < 4.78 is 3.36. The Morgan fingerprint density at radius 2 is 2.00 bits per heavy atom. The maximum absolute atomic E-state index is 4.40. The fraction of sp³-hybridized carbons (Fsp3) is 0.500. The first-order valence-corrected chi connectivity index (χ1v) is 9.54. The van der Waals surface area contributed by atoms with Crippen LogP contribution >= 0.6 is 39.9 Å². The van der Waals surface area contributed by atoms with E-state index in [1.807, 2.05) is 14.1 Å². The van der Waals surface area contributed by atoms with Gasteiger partial charge in [0.1, 0.15) is 5.82 Å². The number of guanidine groups is 1. The first-order valence-electron chi connectivity index (χ1n) is 8.74. The molecule has 3 rings (SSSR count). The summed E-state index contributed by atoms with van der Waals surface area (Å²) in [5.41, 5.74) is 1.24. The van der Waals surface area contributed by atoms with Crippen molar-refractivity contribution in [1.29, 1.82) is 0 Å². The molecule has 1 aromatic heterocycles. The van der Waals surface area contributed by atoms with Crippen molar-refractivity contribution in [3.8, 4) is 0 Å². The summed E-state index contributed by atoms with van der Waals surface area (Å²) in [6.45, 7) is 2.46. The molecular formula is C18H26BrIN6. The molecule has 1 N–H and O–H groups in total. The van der Waals surface area contributed by atoms with Gasteiger partial charge < -0.3 is 14.8 Å². The molecule has 2 aromatic rings. The Morgan fingerprint density at radius 3 is 2.73 bits per heavy atom. The monoisotopic (exact) mass is 532 g/mol. The maximum atomic E-state index is 4.40. The molecule has 1 aromatic carbocycles. The highest BCUT2D eigenvalue weighted by atomic mass is 127. The van der Waals surface area contributed by atoms with Gasteiger partial charge >= 0.3 is 0 Å². The van der Waals surface area contributed by atoms with Crippen molar-refractivity contribution in [3.05, 3.63) is 46.0 Å². The van der Waals surface area contributed by atoms with Crippen LogP contribution in [0.15, 0.2) is 33.7 Å². The number of nitrogens with one attached hydrogen (secondary N) is 1. The van der Waals surface area contributed by atoms with Crippen LogP contribution < -0.4 is 5.32 Å². The third kappa shape index (κ3) is 5.42. The van der Waals surface area contributed by atoms with Crippen molar-refractivity contribution < 1.29 is 0 Å². The number of aryl methyl sites for hydroxylation is 1. The quantitative estimate of drug-likeness (QED) is 0.371. The highest BCUT2D eigenvalue weighted by Gasteiger charge is 2.15. The van der Waals surface area contributed by atoms with Crippen molar-refractivity contribution >= 4 is 45.9 Å². The van der Waals surface area contributed by atoms with Crippen molar-refractivity contribution in [2.24, 2.45) is 4.99 Å². The van der Waals surface area contributed by atoms with Crippen LogP contribution in [-0.2, 0) is 26.1 Å². The fourth-order valence-corrected chi connectivity index (χ4v) is 3.42. The molecule has 142 valence electrons. The van der Waals surface area contributed by atoms with E-state index < -0.39 is 0 Å². The molecule has 0 bridgehead atoms. The molecule has 0 radical (unpaired) electrons. The van der Waals surface area contributed by atoms with Crippen molar-refractivity contribution in [2.45, 2.75) is 45.3 Å². The van der Waals surface area contributed by atoms with Gasteiger partial charge in [-0.1, -0.05) is 34.5 Å². The van der Waals surface area contributed by atoms with E-state index in [4.69, 9.17) is 0 Å². The molecule has 1 aliphatic rings. The van der Waals surface area contributed by atoms with Crippen LogP contribution in [0.2, 0.25) is 0 Å². The van der Waals surface area contributed by atoms with E-state index in [1.54, 1.807) is 0 Å². The van der Waals surface area contributed by atoms with Crippen LogP contribution in [0.1, 0.15) is 36.5 Å². The molecule has 1 aliphatic heterocycles. The summed E-state index contributed by atoms with van der Waals surface area (Å²) in [4.78, 5) is 6.51. The van der Waals surface area contributed by atoms with Gasteiger partial charge in [0, 0.05) is 38.1 Å². The van der Waals surface area contributed by atoms with Gasteiger partial charge in [0.25, 0.3) is 0 Å². The van der Waals surface area contributed by atoms with Crippen LogP contribution in [0.5, 0.6) is 0 Å². The first-order chi connectivity index (χ1) is 12.2. The number of nitrogens with zero attached hydrogens (tertiary/aromatic N) is 5. The molecule has 0 saturated heterocycles. The van der Waals surface area contributed by atoms with E-state index in [9.17, 15) is 0 Å². The Hall–Kier alpha value is -1.16. The summed E-state index contributed by atoms with van der Waals surface area (Å²) in [6.07, 6.45) is 4.72. The lowest BCUT2D eigenvalue weighted by atomic mass is 10.2. The topological polar surface area (TPSA) is 58.3 Å². The second-order valence-electron chi connectivity index (χ2n) is 6.38. The van der Waals surface area contributed by atoms with E-state index >= 15 is 0 Å². The van der Waals surface area contributed by atoms with Crippen LogP contribution in [0, 0.1) is 0 Å². The van der Waals surface area contributed by atoms with E-state index in [0.717, 1.165) is 41.6 Å². The Labute approximate surface area is 180 Å². The SMILES string of the molecule is CN=C(NCc1nnc2n1CCCCC2)N(C)Cc1ccc(Br)cc1.I. The lowest BCUT2D eigenvalue weighted by Crippen LogP contribution is -2.38. The zero-order valence-electron chi connectivity index (χ0n) is 15.3. The first kappa shape index (κ1) is 21.1. The number of benzene rings is 1. The zero-order valence-corrected chi connectivity index (χ0v) is 19.2. The second kappa shape index (κ2) is 10.2.